The van der Waals surface area contributed by atoms with Crippen molar-refractivity contribution in [2.45, 2.75) is 25.3 Å². The van der Waals surface area contributed by atoms with Crippen LogP contribution in [-0.4, -0.2) is 4.98 Å². The Kier molecular flexibility index (Phi) is 3.21. The van der Waals surface area contributed by atoms with Gasteiger partial charge < -0.3 is 5.73 Å². The Morgan fingerprint density at radius 3 is 2.94 bits per heavy atom. The van der Waals surface area contributed by atoms with Gasteiger partial charge in [0.1, 0.15) is 10.8 Å². The van der Waals surface area contributed by atoms with Gasteiger partial charge in [0.2, 0.25) is 0 Å². The van der Waals surface area contributed by atoms with Crippen molar-refractivity contribution < 1.29 is 4.39 Å². The second-order valence-corrected chi connectivity index (χ2v) is 6.45. The maximum absolute atomic E-state index is 13.9. The Hall–Kier alpha value is -0.780. The van der Waals surface area contributed by atoms with Crippen LogP contribution in [0.25, 0.3) is 0 Å². The average molecular weight is 327 g/mol. The molecular weight excluding hydrogens is 315 g/mol. The van der Waals surface area contributed by atoms with Crippen LogP contribution in [0.3, 0.4) is 0 Å². The zero-order valence-corrected chi connectivity index (χ0v) is 12.0. The maximum Gasteiger partial charge on any atom is 0.129 e. The summed E-state index contributed by atoms with van der Waals surface area (Å²) in [6, 6.07) is 4.50. The van der Waals surface area contributed by atoms with Gasteiger partial charge in [0, 0.05) is 14.9 Å². The third-order valence-corrected chi connectivity index (χ3v) is 4.91. The Labute approximate surface area is 117 Å². The first-order chi connectivity index (χ1) is 8.65. The second kappa shape index (κ2) is 4.72. The number of aryl methyl sites for hydroxylation is 2. The fourth-order valence-electron chi connectivity index (χ4n) is 2.23. The van der Waals surface area contributed by atoms with Crippen LogP contribution >= 0.6 is 27.3 Å². The van der Waals surface area contributed by atoms with Gasteiger partial charge in [0.05, 0.1) is 11.7 Å². The average Bonchev–Trinajstić information content (AvgIpc) is 2.87. The van der Waals surface area contributed by atoms with E-state index in [1.54, 1.807) is 23.5 Å². The lowest BCUT2D eigenvalue weighted by Gasteiger charge is -2.10. The van der Waals surface area contributed by atoms with Crippen molar-refractivity contribution in [1.82, 2.24) is 4.98 Å². The molecule has 1 aromatic carbocycles. The van der Waals surface area contributed by atoms with Crippen LogP contribution in [0.15, 0.2) is 22.7 Å². The van der Waals surface area contributed by atoms with E-state index in [0.717, 1.165) is 28.0 Å². The highest BCUT2D eigenvalue weighted by molar-refractivity contribution is 9.10. The molecule has 2 nitrogen and oxygen atoms in total. The van der Waals surface area contributed by atoms with Gasteiger partial charge in [-0.1, -0.05) is 22.0 Å². The fourth-order valence-corrected chi connectivity index (χ4v) is 3.74. The number of halogens is 2. The Bertz CT molecular complexity index is 575. The molecule has 2 N–H and O–H groups in total. The minimum atomic E-state index is -0.464. The summed E-state index contributed by atoms with van der Waals surface area (Å²) in [7, 11) is 0. The third-order valence-electron chi connectivity index (χ3n) is 3.18. The van der Waals surface area contributed by atoms with Gasteiger partial charge in [0.25, 0.3) is 0 Å². The van der Waals surface area contributed by atoms with Gasteiger partial charge in [-0.3, -0.25) is 0 Å². The first-order valence-electron chi connectivity index (χ1n) is 5.84. The maximum atomic E-state index is 13.9. The van der Waals surface area contributed by atoms with Crippen molar-refractivity contribution in [1.29, 1.82) is 0 Å². The number of hydrogen-bond donors (Lipinski definition) is 1. The smallest absolute Gasteiger partial charge is 0.129 e. The van der Waals surface area contributed by atoms with Crippen LogP contribution < -0.4 is 5.73 Å². The summed E-state index contributed by atoms with van der Waals surface area (Å²) in [5.74, 6) is -0.285. The molecule has 5 heteroatoms. The van der Waals surface area contributed by atoms with Crippen molar-refractivity contribution in [2.75, 3.05) is 0 Å². The lowest BCUT2D eigenvalue weighted by molar-refractivity contribution is 0.598. The summed E-state index contributed by atoms with van der Waals surface area (Å²) >= 11 is 4.87. The van der Waals surface area contributed by atoms with Gasteiger partial charge in [-0.25, -0.2) is 9.37 Å². The van der Waals surface area contributed by atoms with Crippen LogP contribution in [0.2, 0.25) is 0 Å². The molecule has 1 atom stereocenters. The Morgan fingerprint density at radius 2 is 2.22 bits per heavy atom. The van der Waals surface area contributed by atoms with Crippen molar-refractivity contribution in [2.24, 2.45) is 5.73 Å². The highest BCUT2D eigenvalue weighted by Crippen LogP contribution is 2.33. The Balaban J connectivity index is 1.95. The Morgan fingerprint density at radius 1 is 1.39 bits per heavy atom. The number of benzene rings is 1. The molecule has 0 spiro atoms. The van der Waals surface area contributed by atoms with Crippen molar-refractivity contribution in [3.05, 3.63) is 49.6 Å². The zero-order valence-electron chi connectivity index (χ0n) is 9.62. The molecule has 1 aliphatic rings. The third kappa shape index (κ3) is 2.11. The molecule has 1 aromatic heterocycles. The molecule has 0 amide bonds. The van der Waals surface area contributed by atoms with Gasteiger partial charge in [-0.15, -0.1) is 11.3 Å². The molecule has 3 rings (SSSR count). The van der Waals surface area contributed by atoms with E-state index in [9.17, 15) is 4.39 Å². The second-order valence-electron chi connectivity index (χ2n) is 4.42. The topological polar surface area (TPSA) is 38.9 Å². The number of fused-ring (bicyclic) bond motifs is 1. The van der Waals surface area contributed by atoms with Crippen LogP contribution in [0, 0.1) is 5.82 Å². The van der Waals surface area contributed by atoms with E-state index in [1.807, 2.05) is 0 Å². The predicted octanol–water partition coefficient (Wildman–Crippen LogP) is 3.58. The van der Waals surface area contributed by atoms with E-state index >= 15 is 0 Å². The van der Waals surface area contributed by atoms with E-state index in [0.29, 0.717) is 5.56 Å². The summed E-state index contributed by atoms with van der Waals surface area (Å²) in [6.45, 7) is 0. The predicted molar refractivity (Wildman–Crippen MR) is 74.3 cm³/mol. The van der Waals surface area contributed by atoms with Crippen LogP contribution in [0.1, 0.15) is 33.6 Å². The van der Waals surface area contributed by atoms with E-state index in [1.165, 1.54) is 17.4 Å². The number of hydrogen-bond acceptors (Lipinski definition) is 3. The van der Waals surface area contributed by atoms with Gasteiger partial charge in [0.15, 0.2) is 0 Å². The summed E-state index contributed by atoms with van der Waals surface area (Å²) in [6.07, 6.45) is 3.29. The fraction of sp³-hybridized carbons (Fsp3) is 0.308. The molecule has 18 heavy (non-hydrogen) atoms. The van der Waals surface area contributed by atoms with Crippen molar-refractivity contribution in [3.63, 3.8) is 0 Å². The van der Waals surface area contributed by atoms with Crippen LogP contribution in [0.5, 0.6) is 0 Å². The minimum absolute atomic E-state index is 0.285. The van der Waals surface area contributed by atoms with Gasteiger partial charge >= 0.3 is 0 Å². The quantitative estimate of drug-likeness (QED) is 0.916. The summed E-state index contributed by atoms with van der Waals surface area (Å²) < 4.78 is 14.6. The van der Waals surface area contributed by atoms with Crippen molar-refractivity contribution >= 4 is 27.3 Å². The first kappa shape index (κ1) is 12.3. The van der Waals surface area contributed by atoms with Gasteiger partial charge in [-0.05, 0) is 31.4 Å². The number of nitrogens with zero attached hydrogens (tertiary/aromatic N) is 1. The van der Waals surface area contributed by atoms with E-state index in [-0.39, 0.29) is 5.82 Å². The van der Waals surface area contributed by atoms with E-state index < -0.39 is 6.04 Å². The lowest BCUT2D eigenvalue weighted by atomic mass is 10.1. The van der Waals surface area contributed by atoms with Crippen LogP contribution in [0.4, 0.5) is 4.39 Å². The summed E-state index contributed by atoms with van der Waals surface area (Å²) in [5, 5.41) is 0.820. The van der Waals surface area contributed by atoms with Gasteiger partial charge in [-0.2, -0.15) is 0 Å². The SMILES string of the molecule is NC(c1nc2c(s1)CCC2)c1ccc(Br)cc1F. The molecule has 0 aliphatic heterocycles. The van der Waals surface area contributed by atoms with Crippen LogP contribution in [-0.2, 0) is 12.8 Å². The summed E-state index contributed by atoms with van der Waals surface area (Å²) in [4.78, 5) is 5.86. The normalized spacial score (nSPS) is 15.7. The number of rotatable bonds is 2. The largest absolute Gasteiger partial charge is 0.318 e. The molecule has 2 aromatic rings. The molecule has 0 radical (unpaired) electrons. The molecule has 94 valence electrons. The number of nitrogens with two attached hydrogens (primary N) is 1. The lowest BCUT2D eigenvalue weighted by Crippen LogP contribution is -2.13. The molecule has 1 unspecified atom stereocenters. The molecule has 1 aliphatic carbocycles. The molecule has 0 saturated heterocycles. The van der Waals surface area contributed by atoms with E-state index in [4.69, 9.17) is 5.73 Å². The standard InChI is InChI=1S/C13H12BrFN2S/c14-7-4-5-8(9(15)6-7)12(16)13-17-10-2-1-3-11(10)18-13/h4-6,12H,1-3,16H2. The summed E-state index contributed by atoms with van der Waals surface area (Å²) in [5.41, 5.74) is 7.78. The molecular formula is C13H12BrFN2S. The number of aromatic nitrogens is 1. The van der Waals surface area contributed by atoms with Crippen molar-refractivity contribution in [3.8, 4) is 0 Å². The molecule has 0 bridgehead atoms. The highest BCUT2D eigenvalue weighted by atomic mass is 79.9. The molecule has 0 fully saturated rings. The molecule has 1 heterocycles. The highest BCUT2D eigenvalue weighted by Gasteiger charge is 2.22. The first-order valence-corrected chi connectivity index (χ1v) is 7.45. The molecule has 0 saturated carbocycles. The number of thiazole rings is 1. The monoisotopic (exact) mass is 326 g/mol. The van der Waals surface area contributed by atoms with E-state index in [2.05, 4.69) is 20.9 Å². The minimum Gasteiger partial charge on any atom is -0.318 e. The zero-order chi connectivity index (χ0) is 12.7.